The minimum absolute atomic E-state index is 0.0280. The fourth-order valence-electron chi connectivity index (χ4n) is 3.96. The van der Waals surface area contributed by atoms with Crippen LogP contribution in [0.5, 0.6) is 11.5 Å². The van der Waals surface area contributed by atoms with Crippen LogP contribution in [0, 0.1) is 13.8 Å². The number of rotatable bonds is 5. The Bertz CT molecular complexity index is 914. The van der Waals surface area contributed by atoms with Crippen LogP contribution in [-0.2, 0) is 0 Å². The van der Waals surface area contributed by atoms with E-state index in [1.807, 2.05) is 19.1 Å². The van der Waals surface area contributed by atoms with Gasteiger partial charge >= 0.3 is 0 Å². The van der Waals surface area contributed by atoms with E-state index in [1.54, 1.807) is 6.07 Å². The zero-order chi connectivity index (χ0) is 20.4. The van der Waals surface area contributed by atoms with E-state index in [0.717, 1.165) is 18.7 Å². The summed E-state index contributed by atoms with van der Waals surface area (Å²) < 4.78 is 5.66. The number of anilines is 2. The summed E-state index contributed by atoms with van der Waals surface area (Å²) in [4.78, 5) is 4.84. The van der Waals surface area contributed by atoms with Gasteiger partial charge in [-0.25, -0.2) is 0 Å². The number of ether oxygens (including phenoxy) is 1. The van der Waals surface area contributed by atoms with Crippen LogP contribution >= 0.6 is 0 Å². The quantitative estimate of drug-likeness (QED) is 0.632. The average Bonchev–Trinajstić information content (AvgIpc) is 3.16. The topological polar surface area (TPSA) is 35.9 Å². The van der Waals surface area contributed by atoms with Crippen molar-refractivity contribution in [2.45, 2.75) is 26.9 Å². The molecule has 4 heteroatoms. The number of hydrogen-bond donors (Lipinski definition) is 1. The molecule has 0 unspecified atom stereocenters. The SMILES string of the molecule is CCOc1cc(C2N(c3ccc(C)cc3)CCN2c2ccc(C)cc2)ccc1O. The second-order valence-electron chi connectivity index (χ2n) is 7.59. The van der Waals surface area contributed by atoms with Crippen LogP contribution in [-0.4, -0.2) is 24.8 Å². The molecule has 1 fully saturated rings. The summed E-state index contributed by atoms with van der Waals surface area (Å²) in [5.74, 6) is 0.710. The van der Waals surface area contributed by atoms with Crippen LogP contribution in [0.2, 0.25) is 0 Å². The number of aromatic hydroxyl groups is 1. The minimum atomic E-state index is 0.0280. The third-order valence-electron chi connectivity index (χ3n) is 5.49. The van der Waals surface area contributed by atoms with Gasteiger partial charge < -0.3 is 19.6 Å². The Hall–Kier alpha value is -3.14. The number of aryl methyl sites for hydroxylation is 2. The van der Waals surface area contributed by atoms with Crippen molar-refractivity contribution >= 4 is 11.4 Å². The van der Waals surface area contributed by atoms with Gasteiger partial charge in [0.2, 0.25) is 0 Å². The van der Waals surface area contributed by atoms with Crippen molar-refractivity contribution < 1.29 is 9.84 Å². The van der Waals surface area contributed by atoms with Crippen molar-refractivity contribution in [3.8, 4) is 11.5 Å². The lowest BCUT2D eigenvalue weighted by atomic mass is 10.1. The predicted octanol–water partition coefficient (Wildman–Crippen LogP) is 5.43. The third-order valence-corrected chi connectivity index (χ3v) is 5.49. The summed E-state index contributed by atoms with van der Waals surface area (Å²) >= 11 is 0. The van der Waals surface area contributed by atoms with E-state index in [4.69, 9.17) is 4.74 Å². The Morgan fingerprint density at radius 2 is 1.34 bits per heavy atom. The first-order valence-electron chi connectivity index (χ1n) is 10.2. The normalized spacial score (nSPS) is 14.4. The maximum absolute atomic E-state index is 10.2. The molecule has 1 aliphatic heterocycles. The van der Waals surface area contributed by atoms with Crippen LogP contribution in [0.4, 0.5) is 11.4 Å². The van der Waals surface area contributed by atoms with E-state index in [9.17, 15) is 5.11 Å². The molecule has 0 amide bonds. The molecule has 4 nitrogen and oxygen atoms in total. The Kier molecular flexibility index (Phi) is 5.34. The first kappa shape index (κ1) is 19.2. The van der Waals surface area contributed by atoms with Gasteiger partial charge in [0, 0.05) is 24.5 Å². The second-order valence-corrected chi connectivity index (χ2v) is 7.59. The Labute approximate surface area is 173 Å². The summed E-state index contributed by atoms with van der Waals surface area (Å²) in [5, 5.41) is 10.2. The monoisotopic (exact) mass is 388 g/mol. The van der Waals surface area contributed by atoms with Crippen molar-refractivity contribution in [1.29, 1.82) is 0 Å². The summed E-state index contributed by atoms with van der Waals surface area (Å²) in [6, 6.07) is 23.1. The van der Waals surface area contributed by atoms with Gasteiger partial charge in [-0.2, -0.15) is 0 Å². The van der Waals surface area contributed by atoms with Crippen LogP contribution in [0.3, 0.4) is 0 Å². The molecule has 0 aliphatic carbocycles. The van der Waals surface area contributed by atoms with E-state index < -0.39 is 0 Å². The average molecular weight is 389 g/mol. The molecule has 0 radical (unpaired) electrons. The van der Waals surface area contributed by atoms with Gasteiger partial charge in [-0.1, -0.05) is 41.5 Å². The molecule has 0 bridgehead atoms. The standard InChI is InChI=1S/C25H28N2O2/c1-4-29-24-17-20(9-14-23(24)28)25-26(21-10-5-18(2)6-11-21)15-16-27(25)22-12-7-19(3)8-13-22/h5-14,17,25,28H,4,15-16H2,1-3H3. The van der Waals surface area contributed by atoms with Gasteiger partial charge in [0.1, 0.15) is 6.17 Å². The van der Waals surface area contributed by atoms with Crippen LogP contribution in [0.25, 0.3) is 0 Å². The second kappa shape index (κ2) is 8.08. The van der Waals surface area contributed by atoms with Crippen molar-refractivity contribution in [1.82, 2.24) is 0 Å². The Morgan fingerprint density at radius 3 is 1.83 bits per heavy atom. The van der Waals surface area contributed by atoms with Gasteiger partial charge in [-0.3, -0.25) is 0 Å². The molecule has 1 heterocycles. The number of phenolic OH excluding ortho intramolecular Hbond substituents is 1. The van der Waals surface area contributed by atoms with Crippen molar-refractivity contribution in [3.05, 3.63) is 83.4 Å². The molecule has 1 aliphatic rings. The van der Waals surface area contributed by atoms with E-state index in [2.05, 4.69) is 72.2 Å². The number of phenols is 1. The molecule has 3 aromatic rings. The molecule has 1 saturated heterocycles. The van der Waals surface area contributed by atoms with Crippen LogP contribution in [0.15, 0.2) is 66.7 Å². The highest BCUT2D eigenvalue weighted by atomic mass is 16.5. The maximum atomic E-state index is 10.2. The van der Waals surface area contributed by atoms with Gasteiger partial charge in [0.05, 0.1) is 6.61 Å². The predicted molar refractivity (Wildman–Crippen MR) is 119 cm³/mol. The largest absolute Gasteiger partial charge is 0.504 e. The first-order chi connectivity index (χ1) is 14.1. The van der Waals surface area contributed by atoms with Gasteiger partial charge in [-0.15, -0.1) is 0 Å². The van der Waals surface area contributed by atoms with E-state index >= 15 is 0 Å². The maximum Gasteiger partial charge on any atom is 0.161 e. The molecule has 150 valence electrons. The number of nitrogens with zero attached hydrogens (tertiary/aromatic N) is 2. The highest BCUT2D eigenvalue weighted by Crippen LogP contribution is 2.40. The highest BCUT2D eigenvalue weighted by molar-refractivity contribution is 5.60. The van der Waals surface area contributed by atoms with Crippen molar-refractivity contribution in [2.75, 3.05) is 29.5 Å². The summed E-state index contributed by atoms with van der Waals surface area (Å²) in [5.41, 5.74) is 6.00. The van der Waals surface area contributed by atoms with E-state index in [1.165, 1.54) is 22.5 Å². The molecule has 4 rings (SSSR count). The molecule has 0 saturated carbocycles. The minimum Gasteiger partial charge on any atom is -0.504 e. The molecular formula is C25H28N2O2. The third kappa shape index (κ3) is 3.88. The van der Waals surface area contributed by atoms with E-state index in [-0.39, 0.29) is 11.9 Å². The molecule has 3 aromatic carbocycles. The van der Waals surface area contributed by atoms with Crippen molar-refractivity contribution in [2.24, 2.45) is 0 Å². The van der Waals surface area contributed by atoms with Crippen LogP contribution in [0.1, 0.15) is 29.8 Å². The molecule has 0 spiro atoms. The first-order valence-corrected chi connectivity index (χ1v) is 10.2. The fourth-order valence-corrected chi connectivity index (χ4v) is 3.96. The molecule has 0 aromatic heterocycles. The van der Waals surface area contributed by atoms with Gasteiger partial charge in [0.15, 0.2) is 11.5 Å². The molecule has 29 heavy (non-hydrogen) atoms. The lowest BCUT2D eigenvalue weighted by Crippen LogP contribution is -2.31. The Balaban J connectivity index is 1.78. The number of benzene rings is 3. The number of hydrogen-bond acceptors (Lipinski definition) is 4. The summed E-state index contributed by atoms with van der Waals surface area (Å²) in [6.07, 6.45) is 0.0280. The lowest BCUT2D eigenvalue weighted by molar-refractivity contribution is 0.317. The van der Waals surface area contributed by atoms with Gasteiger partial charge in [-0.05, 0) is 62.7 Å². The highest BCUT2D eigenvalue weighted by Gasteiger charge is 2.34. The van der Waals surface area contributed by atoms with Crippen LogP contribution < -0.4 is 14.5 Å². The summed E-state index contributed by atoms with van der Waals surface area (Å²) in [7, 11) is 0. The molecular weight excluding hydrogens is 360 g/mol. The fraction of sp³-hybridized carbons (Fsp3) is 0.280. The molecule has 0 atom stereocenters. The molecule has 1 N–H and O–H groups in total. The van der Waals surface area contributed by atoms with Gasteiger partial charge in [0.25, 0.3) is 0 Å². The van der Waals surface area contributed by atoms with E-state index in [0.29, 0.717) is 12.4 Å². The smallest absolute Gasteiger partial charge is 0.161 e. The van der Waals surface area contributed by atoms with Crippen molar-refractivity contribution in [3.63, 3.8) is 0 Å². The zero-order valence-corrected chi connectivity index (χ0v) is 17.3. The Morgan fingerprint density at radius 1 is 0.828 bits per heavy atom. The summed E-state index contributed by atoms with van der Waals surface area (Å²) in [6.45, 7) is 8.51. The zero-order valence-electron chi connectivity index (χ0n) is 17.3. The lowest BCUT2D eigenvalue weighted by Gasteiger charge is -2.33.